The smallest absolute Gasteiger partial charge is 0.341 e. The van der Waals surface area contributed by atoms with Crippen LogP contribution in [0.3, 0.4) is 0 Å². The lowest BCUT2D eigenvalue weighted by Gasteiger charge is -2.15. The fourth-order valence-electron chi connectivity index (χ4n) is 3.40. The minimum absolute atomic E-state index is 0.201. The van der Waals surface area contributed by atoms with Crippen LogP contribution in [0.25, 0.3) is 16.6 Å². The van der Waals surface area contributed by atoms with Gasteiger partial charge < -0.3 is 5.11 Å². The first-order valence-electron chi connectivity index (χ1n) is 8.15. The number of hydrogen-bond donors (Lipinski definition) is 1. The Hall–Kier alpha value is -2.95. The normalized spacial score (nSPS) is 14.0. The number of hydrogen-bond acceptors (Lipinski definition) is 2. The van der Waals surface area contributed by atoms with Gasteiger partial charge in [0.25, 0.3) is 5.56 Å². The van der Waals surface area contributed by atoms with E-state index in [9.17, 15) is 19.1 Å². The van der Waals surface area contributed by atoms with Crippen molar-refractivity contribution in [2.75, 3.05) is 0 Å². The van der Waals surface area contributed by atoms with Gasteiger partial charge in [0.1, 0.15) is 11.4 Å². The number of aromatic carboxylic acids is 1. The zero-order chi connectivity index (χ0) is 17.7. The molecule has 5 heteroatoms. The molecule has 0 unspecified atom stereocenters. The van der Waals surface area contributed by atoms with Crippen LogP contribution < -0.4 is 5.56 Å². The summed E-state index contributed by atoms with van der Waals surface area (Å²) in [4.78, 5) is 24.0. The lowest BCUT2D eigenvalue weighted by atomic mass is 9.96. The van der Waals surface area contributed by atoms with E-state index in [1.165, 1.54) is 22.6 Å². The Morgan fingerprint density at radius 2 is 1.88 bits per heavy atom. The molecule has 1 fully saturated rings. The molecule has 1 aromatic carbocycles. The number of aryl methyl sites for hydroxylation is 1. The molecular weight excluding hydrogens is 321 g/mol. The van der Waals surface area contributed by atoms with Crippen LogP contribution in [-0.4, -0.2) is 15.5 Å². The second kappa shape index (κ2) is 5.55. The lowest BCUT2D eigenvalue weighted by molar-refractivity contribution is 0.0694. The SMILES string of the molecule is Cc1c(-c2ccc(F)cc2)ccn2c(=O)c(C(=O)O)cc(C3CC3)c12. The number of aromatic nitrogens is 1. The van der Waals surface area contributed by atoms with Crippen molar-refractivity contribution in [2.24, 2.45) is 0 Å². The topological polar surface area (TPSA) is 58.8 Å². The van der Waals surface area contributed by atoms with Crippen molar-refractivity contribution in [3.8, 4) is 11.1 Å². The molecule has 1 N–H and O–H groups in total. The maximum Gasteiger partial charge on any atom is 0.341 e. The van der Waals surface area contributed by atoms with Crippen LogP contribution in [0.1, 0.15) is 40.2 Å². The molecule has 0 amide bonds. The molecule has 0 spiro atoms. The molecule has 1 aliphatic carbocycles. The summed E-state index contributed by atoms with van der Waals surface area (Å²) in [5.41, 5.74) is 3.60. The van der Waals surface area contributed by atoms with Gasteiger partial charge in [-0.2, -0.15) is 0 Å². The fraction of sp³-hybridized carbons (Fsp3) is 0.200. The van der Waals surface area contributed by atoms with E-state index in [0.717, 1.165) is 40.6 Å². The van der Waals surface area contributed by atoms with Crippen molar-refractivity contribution in [1.29, 1.82) is 0 Å². The Balaban J connectivity index is 2.05. The van der Waals surface area contributed by atoms with Gasteiger partial charge in [-0.15, -0.1) is 0 Å². The number of carbonyl (C=O) groups is 1. The van der Waals surface area contributed by atoms with Crippen LogP contribution in [0.5, 0.6) is 0 Å². The van der Waals surface area contributed by atoms with Crippen molar-refractivity contribution in [1.82, 2.24) is 4.40 Å². The van der Waals surface area contributed by atoms with E-state index >= 15 is 0 Å². The largest absolute Gasteiger partial charge is 0.477 e. The molecule has 2 aromatic heterocycles. The monoisotopic (exact) mass is 337 g/mol. The Labute approximate surface area is 143 Å². The van der Waals surface area contributed by atoms with Gasteiger partial charge in [-0.05, 0) is 72.2 Å². The summed E-state index contributed by atoms with van der Waals surface area (Å²) >= 11 is 0. The first-order valence-corrected chi connectivity index (χ1v) is 8.15. The number of halogens is 1. The second-order valence-corrected chi connectivity index (χ2v) is 6.48. The summed E-state index contributed by atoms with van der Waals surface area (Å²) in [6, 6.07) is 9.52. The molecule has 0 aliphatic heterocycles. The quantitative estimate of drug-likeness (QED) is 0.786. The van der Waals surface area contributed by atoms with E-state index in [-0.39, 0.29) is 17.3 Å². The Morgan fingerprint density at radius 3 is 2.48 bits per heavy atom. The van der Waals surface area contributed by atoms with Gasteiger partial charge >= 0.3 is 5.97 Å². The predicted octanol–water partition coefficient (Wildman–Crippen LogP) is 3.99. The highest BCUT2D eigenvalue weighted by Gasteiger charge is 2.29. The summed E-state index contributed by atoms with van der Waals surface area (Å²) < 4.78 is 14.6. The molecule has 0 radical (unpaired) electrons. The van der Waals surface area contributed by atoms with Gasteiger partial charge in [0.05, 0.1) is 5.52 Å². The second-order valence-electron chi connectivity index (χ2n) is 6.48. The summed E-state index contributed by atoms with van der Waals surface area (Å²) in [5, 5.41) is 9.33. The Kier molecular flexibility index (Phi) is 3.46. The molecule has 126 valence electrons. The summed E-state index contributed by atoms with van der Waals surface area (Å²) in [6.45, 7) is 1.92. The maximum absolute atomic E-state index is 13.2. The number of rotatable bonds is 3. The van der Waals surface area contributed by atoms with Crippen molar-refractivity contribution in [2.45, 2.75) is 25.7 Å². The van der Waals surface area contributed by atoms with Crippen LogP contribution in [0.15, 0.2) is 47.4 Å². The zero-order valence-corrected chi connectivity index (χ0v) is 13.6. The number of carboxylic acid groups (broad SMARTS) is 1. The van der Waals surface area contributed by atoms with Crippen LogP contribution in [0.2, 0.25) is 0 Å². The van der Waals surface area contributed by atoms with Crippen LogP contribution in [0, 0.1) is 12.7 Å². The van der Waals surface area contributed by atoms with Crippen LogP contribution in [0.4, 0.5) is 4.39 Å². The highest BCUT2D eigenvalue weighted by Crippen LogP contribution is 2.43. The van der Waals surface area contributed by atoms with E-state index in [2.05, 4.69) is 0 Å². The molecule has 25 heavy (non-hydrogen) atoms. The Bertz CT molecular complexity index is 1060. The van der Waals surface area contributed by atoms with E-state index in [4.69, 9.17) is 0 Å². The van der Waals surface area contributed by atoms with Crippen molar-refractivity contribution in [3.63, 3.8) is 0 Å². The lowest BCUT2D eigenvalue weighted by Crippen LogP contribution is -2.23. The van der Waals surface area contributed by atoms with Gasteiger partial charge in [0.15, 0.2) is 0 Å². The number of pyridine rings is 2. The molecular formula is C20H16FNO3. The van der Waals surface area contributed by atoms with Crippen LogP contribution >= 0.6 is 0 Å². The number of carboxylic acids is 1. The average molecular weight is 337 g/mol. The van der Waals surface area contributed by atoms with Gasteiger partial charge in [0.2, 0.25) is 0 Å². The van der Waals surface area contributed by atoms with E-state index in [1.54, 1.807) is 24.4 Å². The molecule has 0 bridgehead atoms. The zero-order valence-electron chi connectivity index (χ0n) is 13.6. The van der Waals surface area contributed by atoms with E-state index < -0.39 is 11.5 Å². The third-order valence-corrected chi connectivity index (χ3v) is 4.82. The molecule has 1 saturated carbocycles. The molecule has 1 aliphatic rings. The highest BCUT2D eigenvalue weighted by molar-refractivity contribution is 5.89. The van der Waals surface area contributed by atoms with Gasteiger partial charge in [-0.25, -0.2) is 9.18 Å². The highest BCUT2D eigenvalue weighted by atomic mass is 19.1. The average Bonchev–Trinajstić information content (AvgIpc) is 3.41. The van der Waals surface area contributed by atoms with E-state index in [0.29, 0.717) is 0 Å². The minimum atomic E-state index is -1.21. The summed E-state index contributed by atoms with van der Waals surface area (Å²) in [6.07, 6.45) is 3.60. The third-order valence-electron chi connectivity index (χ3n) is 4.82. The van der Waals surface area contributed by atoms with Crippen LogP contribution in [-0.2, 0) is 0 Å². The van der Waals surface area contributed by atoms with E-state index in [1.807, 2.05) is 6.92 Å². The molecule has 0 saturated heterocycles. The predicted molar refractivity (Wildman–Crippen MR) is 92.7 cm³/mol. The van der Waals surface area contributed by atoms with Crippen molar-refractivity contribution < 1.29 is 14.3 Å². The first-order chi connectivity index (χ1) is 12.0. The van der Waals surface area contributed by atoms with Gasteiger partial charge in [-0.3, -0.25) is 9.20 Å². The first kappa shape index (κ1) is 15.6. The van der Waals surface area contributed by atoms with Gasteiger partial charge in [-0.1, -0.05) is 12.1 Å². The molecule has 4 rings (SSSR count). The summed E-state index contributed by atoms with van der Waals surface area (Å²) in [7, 11) is 0. The molecule has 3 aromatic rings. The number of nitrogens with zero attached hydrogens (tertiary/aromatic N) is 1. The van der Waals surface area contributed by atoms with Crippen molar-refractivity contribution >= 4 is 11.5 Å². The third kappa shape index (κ3) is 2.52. The number of fused-ring (bicyclic) bond motifs is 1. The molecule has 0 atom stereocenters. The van der Waals surface area contributed by atoms with Gasteiger partial charge in [0, 0.05) is 6.20 Å². The van der Waals surface area contributed by atoms with Crippen molar-refractivity contribution in [3.05, 3.63) is 75.5 Å². The molecule has 4 nitrogen and oxygen atoms in total. The maximum atomic E-state index is 13.2. The Morgan fingerprint density at radius 1 is 1.20 bits per heavy atom. The number of benzene rings is 1. The minimum Gasteiger partial charge on any atom is -0.477 e. The fourth-order valence-corrected chi connectivity index (χ4v) is 3.40. The summed E-state index contributed by atoms with van der Waals surface area (Å²) in [5.74, 6) is -1.22. The standard InChI is InChI=1S/C20H16FNO3/c1-11-15(12-4-6-14(21)7-5-12)8-9-22-18(11)16(13-2-3-13)10-17(19(22)23)20(24)25/h4-10,13H,2-3H2,1H3,(H,24,25). The molecule has 2 heterocycles.